The van der Waals surface area contributed by atoms with Crippen LogP contribution in [0.1, 0.15) is 40.0 Å². The monoisotopic (exact) mass is 174 g/mol. The zero-order chi connectivity index (χ0) is 9.78. The fourth-order valence-electron chi connectivity index (χ4n) is 1.53. The zero-order valence-corrected chi connectivity index (χ0v) is 8.00. The predicted octanol–water partition coefficient (Wildman–Crippen LogP) is 1.65. The highest BCUT2D eigenvalue weighted by atomic mass is 16.4. The van der Waals surface area contributed by atoms with E-state index in [4.69, 9.17) is 5.11 Å². The Hall–Kier alpha value is -0.570. The van der Waals surface area contributed by atoms with Gasteiger partial charge in [0.05, 0.1) is 11.5 Å². The minimum Gasteiger partial charge on any atom is -0.481 e. The van der Waals surface area contributed by atoms with Gasteiger partial charge in [-0.3, -0.25) is 4.79 Å². The number of hydrogen-bond donors (Lipinski definition) is 2. The minimum absolute atomic E-state index is 0.480. The number of aliphatic carboxylic acids is 1. The van der Waals surface area contributed by atoms with Crippen LogP contribution in [0.4, 0.5) is 0 Å². The molecule has 0 aromatic carbocycles. The van der Waals surface area contributed by atoms with Crippen molar-refractivity contribution >= 4 is 5.97 Å². The van der Waals surface area contributed by atoms with Crippen molar-refractivity contribution in [1.29, 1.82) is 0 Å². The first-order valence-corrected chi connectivity index (χ1v) is 4.47. The fourth-order valence-corrected chi connectivity index (χ4v) is 1.53. The summed E-state index contributed by atoms with van der Waals surface area (Å²) < 4.78 is 0. The molecule has 12 heavy (non-hydrogen) atoms. The van der Waals surface area contributed by atoms with Crippen molar-refractivity contribution in [3.63, 3.8) is 0 Å². The van der Waals surface area contributed by atoms with Crippen LogP contribution in [0.25, 0.3) is 0 Å². The number of carbonyl (C=O) groups is 1. The summed E-state index contributed by atoms with van der Waals surface area (Å²) in [6, 6.07) is 0. The van der Waals surface area contributed by atoms with Crippen molar-refractivity contribution in [3.8, 4) is 0 Å². The number of hydrogen-bond acceptors (Lipinski definition) is 2. The van der Waals surface area contributed by atoms with Crippen molar-refractivity contribution in [2.75, 3.05) is 0 Å². The molecule has 0 saturated carbocycles. The topological polar surface area (TPSA) is 57.5 Å². The Bertz CT molecular complexity index is 150. The van der Waals surface area contributed by atoms with E-state index in [1.807, 2.05) is 13.8 Å². The summed E-state index contributed by atoms with van der Waals surface area (Å²) in [7, 11) is 0. The second-order valence-corrected chi connectivity index (χ2v) is 3.11. The molecular formula is C9H18O3. The van der Waals surface area contributed by atoms with Crippen LogP contribution in [0.3, 0.4) is 0 Å². The van der Waals surface area contributed by atoms with E-state index in [0.29, 0.717) is 19.3 Å². The van der Waals surface area contributed by atoms with Gasteiger partial charge >= 0.3 is 5.97 Å². The van der Waals surface area contributed by atoms with Gasteiger partial charge in [-0.25, -0.2) is 0 Å². The van der Waals surface area contributed by atoms with Gasteiger partial charge in [0.2, 0.25) is 0 Å². The molecule has 0 rings (SSSR count). The van der Waals surface area contributed by atoms with Gasteiger partial charge in [0, 0.05) is 0 Å². The highest BCUT2D eigenvalue weighted by Crippen LogP contribution is 2.27. The SMILES string of the molecule is CCC(C(=O)O)C(O)(CC)CC. The quantitative estimate of drug-likeness (QED) is 0.666. The van der Waals surface area contributed by atoms with Crippen LogP contribution in [-0.4, -0.2) is 21.8 Å². The van der Waals surface area contributed by atoms with E-state index in [1.165, 1.54) is 0 Å². The Kier molecular flexibility index (Phi) is 4.24. The molecule has 0 aliphatic rings. The van der Waals surface area contributed by atoms with E-state index in [0.717, 1.165) is 0 Å². The summed E-state index contributed by atoms with van der Waals surface area (Å²) in [6.07, 6.45) is 1.47. The molecule has 0 aliphatic heterocycles. The van der Waals surface area contributed by atoms with Crippen molar-refractivity contribution in [3.05, 3.63) is 0 Å². The molecule has 0 saturated heterocycles. The third kappa shape index (κ3) is 2.21. The van der Waals surface area contributed by atoms with E-state index in [-0.39, 0.29) is 0 Å². The van der Waals surface area contributed by atoms with Gasteiger partial charge in [-0.1, -0.05) is 20.8 Å². The van der Waals surface area contributed by atoms with Crippen LogP contribution in [-0.2, 0) is 4.79 Å². The molecule has 0 amide bonds. The Morgan fingerprint density at radius 2 is 1.75 bits per heavy atom. The summed E-state index contributed by atoms with van der Waals surface area (Å²) in [4.78, 5) is 10.7. The summed E-state index contributed by atoms with van der Waals surface area (Å²) in [5.74, 6) is -1.53. The Morgan fingerprint density at radius 3 is 1.83 bits per heavy atom. The van der Waals surface area contributed by atoms with Crippen LogP contribution in [0, 0.1) is 5.92 Å². The molecule has 72 valence electrons. The molecule has 3 nitrogen and oxygen atoms in total. The Balaban J connectivity index is 4.54. The lowest BCUT2D eigenvalue weighted by atomic mass is 9.81. The van der Waals surface area contributed by atoms with E-state index < -0.39 is 17.5 Å². The highest BCUT2D eigenvalue weighted by Gasteiger charge is 2.36. The molecular weight excluding hydrogens is 156 g/mol. The molecule has 3 heteroatoms. The highest BCUT2D eigenvalue weighted by molar-refractivity contribution is 5.71. The maximum absolute atomic E-state index is 10.7. The van der Waals surface area contributed by atoms with Crippen molar-refractivity contribution in [1.82, 2.24) is 0 Å². The molecule has 0 aromatic rings. The molecule has 0 fully saturated rings. The third-order valence-electron chi connectivity index (χ3n) is 2.58. The number of carboxylic acids is 1. The first-order chi connectivity index (χ1) is 5.51. The molecule has 0 bridgehead atoms. The smallest absolute Gasteiger partial charge is 0.309 e. The molecule has 1 unspecified atom stereocenters. The standard InChI is InChI=1S/C9H18O3/c1-4-7(8(10)11)9(12,5-2)6-3/h7,12H,4-6H2,1-3H3,(H,10,11). The van der Waals surface area contributed by atoms with E-state index in [9.17, 15) is 9.90 Å². The maximum atomic E-state index is 10.7. The second kappa shape index (κ2) is 4.45. The van der Waals surface area contributed by atoms with E-state index in [1.54, 1.807) is 6.92 Å². The first-order valence-electron chi connectivity index (χ1n) is 4.47. The molecule has 1 atom stereocenters. The average Bonchev–Trinajstić information content (AvgIpc) is 2.04. The zero-order valence-electron chi connectivity index (χ0n) is 8.00. The molecule has 2 N–H and O–H groups in total. The summed E-state index contributed by atoms with van der Waals surface area (Å²) >= 11 is 0. The van der Waals surface area contributed by atoms with Crippen molar-refractivity contribution in [2.45, 2.75) is 45.6 Å². The molecule has 0 spiro atoms. The summed E-state index contributed by atoms with van der Waals surface area (Å²) in [5, 5.41) is 18.7. The summed E-state index contributed by atoms with van der Waals surface area (Å²) in [5.41, 5.74) is -1.03. The number of aliphatic hydroxyl groups is 1. The lowest BCUT2D eigenvalue weighted by Gasteiger charge is -2.31. The van der Waals surface area contributed by atoms with Gasteiger partial charge in [0.15, 0.2) is 0 Å². The van der Waals surface area contributed by atoms with Gasteiger partial charge in [-0.15, -0.1) is 0 Å². The van der Waals surface area contributed by atoms with Gasteiger partial charge < -0.3 is 10.2 Å². The van der Waals surface area contributed by atoms with Gasteiger partial charge in [-0.05, 0) is 19.3 Å². The van der Waals surface area contributed by atoms with Crippen LogP contribution in [0.2, 0.25) is 0 Å². The van der Waals surface area contributed by atoms with Crippen LogP contribution in [0.15, 0.2) is 0 Å². The average molecular weight is 174 g/mol. The molecule has 0 heterocycles. The van der Waals surface area contributed by atoms with Gasteiger partial charge in [0.1, 0.15) is 0 Å². The van der Waals surface area contributed by atoms with Crippen LogP contribution >= 0.6 is 0 Å². The normalized spacial score (nSPS) is 14.3. The lowest BCUT2D eigenvalue weighted by molar-refractivity contribution is -0.153. The predicted molar refractivity (Wildman–Crippen MR) is 46.9 cm³/mol. The third-order valence-corrected chi connectivity index (χ3v) is 2.58. The molecule has 0 radical (unpaired) electrons. The first kappa shape index (κ1) is 11.4. The van der Waals surface area contributed by atoms with Crippen LogP contribution < -0.4 is 0 Å². The van der Waals surface area contributed by atoms with Gasteiger partial charge in [-0.2, -0.15) is 0 Å². The maximum Gasteiger partial charge on any atom is 0.309 e. The van der Waals surface area contributed by atoms with E-state index >= 15 is 0 Å². The summed E-state index contributed by atoms with van der Waals surface area (Å²) in [6.45, 7) is 5.42. The molecule has 0 aromatic heterocycles. The van der Waals surface area contributed by atoms with Crippen molar-refractivity contribution in [2.24, 2.45) is 5.92 Å². The minimum atomic E-state index is -1.03. The van der Waals surface area contributed by atoms with Crippen LogP contribution in [0.5, 0.6) is 0 Å². The second-order valence-electron chi connectivity index (χ2n) is 3.11. The lowest BCUT2D eigenvalue weighted by Crippen LogP contribution is -2.41. The fraction of sp³-hybridized carbons (Fsp3) is 0.889. The number of carboxylic acid groups (broad SMARTS) is 1. The van der Waals surface area contributed by atoms with Crippen molar-refractivity contribution < 1.29 is 15.0 Å². The largest absolute Gasteiger partial charge is 0.481 e. The Labute approximate surface area is 73.4 Å². The molecule has 0 aliphatic carbocycles. The van der Waals surface area contributed by atoms with Gasteiger partial charge in [0.25, 0.3) is 0 Å². The van der Waals surface area contributed by atoms with E-state index in [2.05, 4.69) is 0 Å². The Morgan fingerprint density at radius 1 is 1.33 bits per heavy atom. The number of rotatable bonds is 5.